The molecule has 0 saturated carbocycles. The normalized spacial score (nSPS) is 21.3. The van der Waals surface area contributed by atoms with Crippen LogP contribution in [0.2, 0.25) is 0 Å². The number of hydrogen-bond donors (Lipinski definition) is 3. The number of para-hydroxylation sites is 1. The predicted molar refractivity (Wildman–Crippen MR) is 87.4 cm³/mol. The Bertz CT molecular complexity index is 839. The first-order valence-corrected chi connectivity index (χ1v) is 7.78. The number of piperidine rings is 1. The van der Waals surface area contributed by atoms with Crippen LogP contribution in [0.4, 0.5) is 0 Å². The maximum absolute atomic E-state index is 12.4. The lowest BCUT2D eigenvalue weighted by Gasteiger charge is -2.30. The van der Waals surface area contributed by atoms with Gasteiger partial charge in [0.15, 0.2) is 0 Å². The van der Waals surface area contributed by atoms with Crippen molar-refractivity contribution >= 4 is 16.8 Å². The second-order valence-electron chi connectivity index (χ2n) is 6.01. The molecule has 3 N–H and O–H groups in total. The van der Waals surface area contributed by atoms with E-state index in [0.29, 0.717) is 16.8 Å². The summed E-state index contributed by atoms with van der Waals surface area (Å²) in [7, 11) is 0. The van der Waals surface area contributed by atoms with Crippen LogP contribution in [0.15, 0.2) is 33.9 Å². The molecule has 2 heterocycles. The highest BCUT2D eigenvalue weighted by molar-refractivity contribution is 5.79. The number of aromatic nitrogens is 2. The lowest BCUT2D eigenvalue weighted by Crippen LogP contribution is -2.50. The molecule has 1 fully saturated rings. The van der Waals surface area contributed by atoms with Crippen LogP contribution in [0.3, 0.4) is 0 Å². The number of aromatic amines is 1. The Balaban J connectivity index is 1.82. The van der Waals surface area contributed by atoms with Crippen LogP contribution in [0.5, 0.6) is 0 Å². The first-order chi connectivity index (χ1) is 11.1. The Morgan fingerprint density at radius 2 is 2.13 bits per heavy atom. The smallest absolute Gasteiger partial charge is 0.329 e. The number of carbonyl (C=O) groups is 1. The van der Waals surface area contributed by atoms with Crippen molar-refractivity contribution in [2.75, 3.05) is 13.1 Å². The molecule has 2 unspecified atom stereocenters. The van der Waals surface area contributed by atoms with Crippen molar-refractivity contribution in [3.63, 3.8) is 0 Å². The van der Waals surface area contributed by atoms with E-state index in [1.165, 1.54) is 0 Å². The largest absolute Gasteiger partial charge is 0.351 e. The molecule has 7 heteroatoms. The summed E-state index contributed by atoms with van der Waals surface area (Å²) in [4.78, 5) is 39.3. The van der Waals surface area contributed by atoms with Gasteiger partial charge in [-0.05, 0) is 37.6 Å². The quantitative estimate of drug-likeness (QED) is 0.731. The molecule has 122 valence electrons. The molecule has 0 spiro atoms. The van der Waals surface area contributed by atoms with Crippen LogP contribution in [-0.2, 0) is 11.3 Å². The standard InChI is InChI=1S/C16H20N4O3/c1-10-8-17-7-6-12(10)18-14(21)9-20-15(22)11-4-2-3-5-13(11)19-16(20)23/h2-5,10,12,17H,6-9H2,1H3,(H,18,21)(H,19,23). The van der Waals surface area contributed by atoms with E-state index in [1.807, 2.05) is 0 Å². The number of H-pyrrole nitrogens is 1. The molecule has 1 aromatic heterocycles. The van der Waals surface area contributed by atoms with Gasteiger partial charge >= 0.3 is 5.69 Å². The molecule has 3 rings (SSSR count). The zero-order valence-corrected chi connectivity index (χ0v) is 13.0. The Kier molecular flexibility index (Phi) is 4.29. The Labute approximate surface area is 132 Å². The highest BCUT2D eigenvalue weighted by Gasteiger charge is 2.23. The minimum Gasteiger partial charge on any atom is -0.351 e. The second-order valence-corrected chi connectivity index (χ2v) is 6.01. The van der Waals surface area contributed by atoms with Gasteiger partial charge in [-0.2, -0.15) is 0 Å². The lowest BCUT2D eigenvalue weighted by atomic mass is 9.95. The summed E-state index contributed by atoms with van der Waals surface area (Å²) in [6.45, 7) is 3.50. The van der Waals surface area contributed by atoms with Crippen LogP contribution in [0.25, 0.3) is 10.9 Å². The molecule has 0 bridgehead atoms. The molecular formula is C16H20N4O3. The molecule has 1 amide bonds. The van der Waals surface area contributed by atoms with Crippen LogP contribution in [0.1, 0.15) is 13.3 Å². The molecule has 1 aromatic carbocycles. The number of nitrogens with one attached hydrogen (secondary N) is 3. The summed E-state index contributed by atoms with van der Waals surface area (Å²) in [6, 6.07) is 6.84. The average molecular weight is 316 g/mol. The third kappa shape index (κ3) is 3.19. The SMILES string of the molecule is CC1CNCCC1NC(=O)Cn1c(=O)[nH]c2ccccc2c1=O. The lowest BCUT2D eigenvalue weighted by molar-refractivity contribution is -0.123. The molecule has 2 atom stereocenters. The first-order valence-electron chi connectivity index (χ1n) is 7.78. The molecule has 1 aliphatic rings. The van der Waals surface area contributed by atoms with Crippen molar-refractivity contribution in [2.45, 2.75) is 25.9 Å². The number of fused-ring (bicyclic) bond motifs is 1. The van der Waals surface area contributed by atoms with Crippen molar-refractivity contribution in [3.8, 4) is 0 Å². The third-order valence-electron chi connectivity index (χ3n) is 4.32. The predicted octanol–water partition coefficient (Wildman–Crippen LogP) is -0.196. The van der Waals surface area contributed by atoms with E-state index < -0.39 is 11.2 Å². The first kappa shape index (κ1) is 15.5. The van der Waals surface area contributed by atoms with Crippen molar-refractivity contribution in [2.24, 2.45) is 5.92 Å². The number of amides is 1. The number of hydrogen-bond acceptors (Lipinski definition) is 4. The summed E-state index contributed by atoms with van der Waals surface area (Å²) >= 11 is 0. The molecule has 0 radical (unpaired) electrons. The zero-order chi connectivity index (χ0) is 16.4. The van der Waals surface area contributed by atoms with Gasteiger partial charge in [0.05, 0.1) is 10.9 Å². The van der Waals surface area contributed by atoms with E-state index >= 15 is 0 Å². The van der Waals surface area contributed by atoms with Gasteiger partial charge in [-0.3, -0.25) is 14.2 Å². The van der Waals surface area contributed by atoms with Gasteiger partial charge in [0.25, 0.3) is 5.56 Å². The molecule has 0 aliphatic carbocycles. The molecular weight excluding hydrogens is 296 g/mol. The fraction of sp³-hybridized carbons (Fsp3) is 0.438. The minimum atomic E-state index is -0.567. The van der Waals surface area contributed by atoms with Crippen LogP contribution >= 0.6 is 0 Å². The van der Waals surface area contributed by atoms with Crippen molar-refractivity contribution in [3.05, 3.63) is 45.1 Å². The van der Waals surface area contributed by atoms with Gasteiger partial charge in [-0.25, -0.2) is 4.79 Å². The fourth-order valence-corrected chi connectivity index (χ4v) is 2.97. The summed E-state index contributed by atoms with van der Waals surface area (Å²) in [5.74, 6) is 0.00550. The third-order valence-corrected chi connectivity index (χ3v) is 4.32. The zero-order valence-electron chi connectivity index (χ0n) is 13.0. The van der Waals surface area contributed by atoms with E-state index in [0.717, 1.165) is 24.1 Å². The van der Waals surface area contributed by atoms with E-state index in [2.05, 4.69) is 22.5 Å². The monoisotopic (exact) mass is 316 g/mol. The van der Waals surface area contributed by atoms with E-state index in [1.54, 1.807) is 24.3 Å². The number of carbonyl (C=O) groups excluding carboxylic acids is 1. The summed E-state index contributed by atoms with van der Waals surface area (Å²) in [6.07, 6.45) is 0.843. The highest BCUT2D eigenvalue weighted by atomic mass is 16.2. The Morgan fingerprint density at radius 1 is 1.35 bits per heavy atom. The van der Waals surface area contributed by atoms with Gasteiger partial charge in [0.2, 0.25) is 5.91 Å². The van der Waals surface area contributed by atoms with Gasteiger partial charge in [0, 0.05) is 6.04 Å². The topological polar surface area (TPSA) is 96.0 Å². The number of rotatable bonds is 3. The highest BCUT2D eigenvalue weighted by Crippen LogP contribution is 2.10. The Hall–Kier alpha value is -2.41. The van der Waals surface area contributed by atoms with Gasteiger partial charge in [-0.15, -0.1) is 0 Å². The van der Waals surface area contributed by atoms with Gasteiger partial charge in [-0.1, -0.05) is 19.1 Å². The molecule has 7 nitrogen and oxygen atoms in total. The van der Waals surface area contributed by atoms with E-state index in [4.69, 9.17) is 0 Å². The Morgan fingerprint density at radius 3 is 2.91 bits per heavy atom. The van der Waals surface area contributed by atoms with Gasteiger partial charge < -0.3 is 15.6 Å². The molecule has 1 saturated heterocycles. The van der Waals surface area contributed by atoms with Crippen molar-refractivity contribution in [1.29, 1.82) is 0 Å². The minimum absolute atomic E-state index is 0.0685. The van der Waals surface area contributed by atoms with E-state index in [9.17, 15) is 14.4 Å². The summed E-state index contributed by atoms with van der Waals surface area (Å²) < 4.78 is 0.948. The maximum Gasteiger partial charge on any atom is 0.329 e. The second kappa shape index (κ2) is 6.37. The van der Waals surface area contributed by atoms with Gasteiger partial charge in [0.1, 0.15) is 6.54 Å². The van der Waals surface area contributed by atoms with Crippen LogP contribution in [-0.4, -0.2) is 34.6 Å². The van der Waals surface area contributed by atoms with Crippen LogP contribution < -0.4 is 21.9 Å². The molecule has 2 aromatic rings. The summed E-state index contributed by atoms with van der Waals surface area (Å²) in [5.41, 5.74) is -0.536. The average Bonchev–Trinajstić information content (AvgIpc) is 2.54. The maximum atomic E-state index is 12.4. The van der Waals surface area contributed by atoms with Crippen molar-refractivity contribution in [1.82, 2.24) is 20.2 Å². The fourth-order valence-electron chi connectivity index (χ4n) is 2.97. The molecule has 1 aliphatic heterocycles. The van der Waals surface area contributed by atoms with Crippen molar-refractivity contribution < 1.29 is 4.79 Å². The summed E-state index contributed by atoms with van der Waals surface area (Å²) in [5, 5.41) is 6.59. The number of benzene rings is 1. The molecule has 23 heavy (non-hydrogen) atoms. The number of nitrogens with zero attached hydrogens (tertiary/aromatic N) is 1. The van der Waals surface area contributed by atoms with Crippen LogP contribution in [0, 0.1) is 5.92 Å². The van der Waals surface area contributed by atoms with E-state index in [-0.39, 0.29) is 18.5 Å².